The summed E-state index contributed by atoms with van der Waals surface area (Å²) < 4.78 is 5.48. The lowest BCUT2D eigenvalue weighted by atomic mass is 9.98. The number of rotatable bonds is 8. The zero-order chi connectivity index (χ0) is 22.6. The van der Waals surface area contributed by atoms with E-state index in [2.05, 4.69) is 34.9 Å². The van der Waals surface area contributed by atoms with Crippen molar-refractivity contribution in [2.45, 2.75) is 38.6 Å². The van der Waals surface area contributed by atoms with E-state index < -0.39 is 17.6 Å². The fraction of sp³-hybridized carbons (Fsp3) is 0.375. The van der Waals surface area contributed by atoms with Crippen LogP contribution in [0.1, 0.15) is 44.2 Å². The van der Waals surface area contributed by atoms with Gasteiger partial charge in [-0.05, 0) is 42.0 Å². The van der Waals surface area contributed by atoms with Gasteiger partial charge in [0.1, 0.15) is 12.1 Å². The zero-order valence-electron chi connectivity index (χ0n) is 18.0. The minimum atomic E-state index is -1.34. The molecule has 0 saturated heterocycles. The molecule has 0 radical (unpaired) electrons. The van der Waals surface area contributed by atoms with Crippen LogP contribution >= 0.6 is 0 Å². The predicted molar refractivity (Wildman–Crippen MR) is 117 cm³/mol. The number of aliphatic carboxylic acids is 1. The molecule has 7 heteroatoms. The first-order valence-electron chi connectivity index (χ1n) is 10.3. The van der Waals surface area contributed by atoms with E-state index in [0.717, 1.165) is 22.3 Å². The number of fused-ring (bicyclic) bond motifs is 3. The highest BCUT2D eigenvalue weighted by atomic mass is 16.5. The highest BCUT2D eigenvalue weighted by Crippen LogP contribution is 2.44. The van der Waals surface area contributed by atoms with Gasteiger partial charge in [0.15, 0.2) is 0 Å². The average molecular weight is 424 g/mol. The molecule has 1 atom stereocenters. The summed E-state index contributed by atoms with van der Waals surface area (Å²) in [6.45, 7) is 5.12. The molecule has 0 aromatic heterocycles. The Morgan fingerprint density at radius 2 is 1.58 bits per heavy atom. The number of nitrogens with one attached hydrogen (secondary N) is 2. The van der Waals surface area contributed by atoms with Crippen LogP contribution in [0.15, 0.2) is 48.5 Å². The summed E-state index contributed by atoms with van der Waals surface area (Å²) in [5.41, 5.74) is 3.27. The number of carboxylic acids is 1. The summed E-state index contributed by atoms with van der Waals surface area (Å²) in [7, 11) is 0. The van der Waals surface area contributed by atoms with Crippen molar-refractivity contribution < 1.29 is 24.2 Å². The molecule has 0 aliphatic heterocycles. The number of ether oxygens (including phenoxy) is 1. The van der Waals surface area contributed by atoms with Gasteiger partial charge in [-0.2, -0.15) is 0 Å². The van der Waals surface area contributed by atoms with Crippen molar-refractivity contribution in [2.24, 2.45) is 5.92 Å². The van der Waals surface area contributed by atoms with Crippen LogP contribution in [0.4, 0.5) is 4.79 Å². The maximum Gasteiger partial charge on any atom is 0.407 e. The first-order chi connectivity index (χ1) is 14.7. The predicted octanol–water partition coefficient (Wildman–Crippen LogP) is 3.53. The second-order valence-corrected chi connectivity index (χ2v) is 8.49. The third-order valence-corrected chi connectivity index (χ3v) is 5.46. The van der Waals surface area contributed by atoms with Gasteiger partial charge < -0.3 is 20.5 Å². The lowest BCUT2D eigenvalue weighted by Gasteiger charge is -2.22. The Bertz CT molecular complexity index is 940. The Hall–Kier alpha value is -3.35. The maximum atomic E-state index is 12.2. The molecule has 2 aromatic rings. The number of hydrogen-bond acceptors (Lipinski definition) is 4. The second-order valence-electron chi connectivity index (χ2n) is 8.49. The molecular formula is C24H28N2O5. The fourth-order valence-corrected chi connectivity index (χ4v) is 3.75. The Labute approximate surface area is 181 Å². The third kappa shape index (κ3) is 5.23. The highest BCUT2D eigenvalue weighted by Gasteiger charge is 2.30. The molecule has 31 heavy (non-hydrogen) atoms. The van der Waals surface area contributed by atoms with Crippen molar-refractivity contribution in [1.82, 2.24) is 10.6 Å². The van der Waals surface area contributed by atoms with Gasteiger partial charge in [0.05, 0.1) is 0 Å². The van der Waals surface area contributed by atoms with Crippen molar-refractivity contribution >= 4 is 18.0 Å². The minimum Gasteiger partial charge on any atom is -0.480 e. The molecule has 164 valence electrons. The fourth-order valence-electron chi connectivity index (χ4n) is 3.75. The molecule has 1 aliphatic carbocycles. The quantitative estimate of drug-likeness (QED) is 0.601. The normalized spacial score (nSPS) is 13.6. The van der Waals surface area contributed by atoms with Crippen LogP contribution < -0.4 is 10.6 Å². The molecule has 7 nitrogen and oxygen atoms in total. The summed E-state index contributed by atoms with van der Waals surface area (Å²) in [4.78, 5) is 35.4. The summed E-state index contributed by atoms with van der Waals surface area (Å²) >= 11 is 0. The Morgan fingerprint density at radius 3 is 2.13 bits per heavy atom. The van der Waals surface area contributed by atoms with Crippen molar-refractivity contribution in [2.75, 3.05) is 13.2 Å². The second kappa shape index (κ2) is 9.20. The summed E-state index contributed by atoms with van der Waals surface area (Å²) in [5, 5.41) is 14.2. The molecule has 0 bridgehead atoms. The standard InChI is InChI=1S/C24H28N2O5/c1-15(12-21(27)26-24(2,3)22(28)29)13-25-23(30)31-14-20-18-10-6-4-8-16(18)17-9-5-7-11-19(17)20/h4-11,15,20H,12-14H2,1-3H3,(H,25,30)(H,26,27)(H,28,29). The first kappa shape index (κ1) is 22.3. The summed E-state index contributed by atoms with van der Waals surface area (Å²) in [5.74, 6) is -1.68. The van der Waals surface area contributed by atoms with Gasteiger partial charge in [0.2, 0.25) is 5.91 Å². The molecule has 2 amide bonds. The van der Waals surface area contributed by atoms with Crippen LogP contribution in [0, 0.1) is 5.92 Å². The van der Waals surface area contributed by atoms with Crippen LogP contribution in [0.2, 0.25) is 0 Å². The Morgan fingerprint density at radius 1 is 1.03 bits per heavy atom. The van der Waals surface area contributed by atoms with Crippen molar-refractivity contribution in [1.29, 1.82) is 0 Å². The smallest absolute Gasteiger partial charge is 0.407 e. The molecule has 2 aromatic carbocycles. The summed E-state index contributed by atoms with van der Waals surface area (Å²) in [6, 6.07) is 16.2. The molecular weight excluding hydrogens is 396 g/mol. The molecule has 0 saturated carbocycles. The van der Waals surface area contributed by atoms with E-state index in [0.29, 0.717) is 0 Å². The number of carbonyl (C=O) groups is 3. The Kier molecular flexibility index (Phi) is 6.63. The van der Waals surface area contributed by atoms with Crippen LogP contribution in [0.5, 0.6) is 0 Å². The SMILES string of the molecule is CC(CNC(=O)OCC1c2ccccc2-c2ccccc21)CC(=O)NC(C)(C)C(=O)O. The van der Waals surface area contributed by atoms with Gasteiger partial charge >= 0.3 is 12.1 Å². The van der Waals surface area contributed by atoms with Gasteiger partial charge in [-0.1, -0.05) is 55.5 Å². The van der Waals surface area contributed by atoms with Crippen LogP contribution in [-0.2, 0) is 14.3 Å². The average Bonchev–Trinajstić information content (AvgIpc) is 3.04. The molecule has 0 heterocycles. The van der Waals surface area contributed by atoms with Crippen molar-refractivity contribution in [3.8, 4) is 11.1 Å². The van der Waals surface area contributed by atoms with Crippen molar-refractivity contribution in [3.05, 3.63) is 59.7 Å². The first-order valence-corrected chi connectivity index (χ1v) is 10.3. The largest absolute Gasteiger partial charge is 0.480 e. The summed E-state index contributed by atoms with van der Waals surface area (Å²) in [6.07, 6.45) is -0.444. The highest BCUT2D eigenvalue weighted by molar-refractivity contribution is 5.86. The lowest BCUT2D eigenvalue weighted by molar-refractivity contribution is -0.146. The van der Waals surface area contributed by atoms with E-state index in [9.17, 15) is 14.4 Å². The van der Waals surface area contributed by atoms with E-state index in [1.807, 2.05) is 24.3 Å². The van der Waals surface area contributed by atoms with Crippen molar-refractivity contribution in [3.63, 3.8) is 0 Å². The van der Waals surface area contributed by atoms with Gasteiger partial charge in [-0.15, -0.1) is 0 Å². The van der Waals surface area contributed by atoms with E-state index in [4.69, 9.17) is 9.84 Å². The van der Waals surface area contributed by atoms with Crippen LogP contribution in [0.3, 0.4) is 0 Å². The monoisotopic (exact) mass is 424 g/mol. The van der Waals surface area contributed by atoms with Gasteiger partial charge in [0.25, 0.3) is 0 Å². The number of amides is 2. The number of alkyl carbamates (subject to hydrolysis) is 1. The van der Waals surface area contributed by atoms with E-state index in [-0.39, 0.29) is 37.3 Å². The third-order valence-electron chi connectivity index (χ3n) is 5.46. The lowest BCUT2D eigenvalue weighted by Crippen LogP contribution is -2.50. The number of carbonyl (C=O) groups excluding carboxylic acids is 2. The van der Waals surface area contributed by atoms with Gasteiger partial charge in [-0.3, -0.25) is 4.79 Å². The molecule has 1 unspecified atom stereocenters. The minimum absolute atomic E-state index is 0.0143. The molecule has 0 fully saturated rings. The van der Waals surface area contributed by atoms with Gasteiger partial charge in [-0.25, -0.2) is 9.59 Å². The zero-order valence-corrected chi connectivity index (χ0v) is 18.0. The molecule has 1 aliphatic rings. The number of hydrogen-bond donors (Lipinski definition) is 3. The maximum absolute atomic E-state index is 12.2. The van der Waals surface area contributed by atoms with E-state index in [1.165, 1.54) is 13.8 Å². The van der Waals surface area contributed by atoms with Gasteiger partial charge in [0, 0.05) is 18.9 Å². The Balaban J connectivity index is 1.49. The molecule has 3 N–H and O–H groups in total. The van der Waals surface area contributed by atoms with E-state index in [1.54, 1.807) is 6.92 Å². The topological polar surface area (TPSA) is 105 Å². The van der Waals surface area contributed by atoms with Crippen LogP contribution in [0.25, 0.3) is 11.1 Å². The number of carboxylic acid groups (broad SMARTS) is 1. The molecule has 0 spiro atoms. The number of benzene rings is 2. The van der Waals surface area contributed by atoms with E-state index >= 15 is 0 Å². The molecule has 3 rings (SSSR count). The van der Waals surface area contributed by atoms with Crippen LogP contribution in [-0.4, -0.2) is 41.8 Å².